The lowest BCUT2D eigenvalue weighted by molar-refractivity contribution is -0.160. The van der Waals surface area contributed by atoms with Crippen LogP contribution in [0.5, 0.6) is 0 Å². The van der Waals surface area contributed by atoms with Gasteiger partial charge in [-0.25, -0.2) is 9.59 Å². The second kappa shape index (κ2) is 35.5. The molecule has 1 aliphatic rings. The molecule has 85 heavy (non-hydrogen) atoms. The molecule has 1 aliphatic heterocycles. The number of rotatable bonds is 28. The number of ketones is 1. The molecule has 21 heteroatoms. The molecule has 0 aromatic heterocycles. The standard InChI is InChI=1S/C64H121N9O12/c1-58(2,3)45-71-38-36-69(34-35-70(43-54(78)83-62(13,14)15)37-39-72(41-40-71)46-59(4,5)6)42-51(75)66-47(26-22-24-32-65)49(74)29-30-52(76)73(44-55(79)84-63(16,17)18)33-25-23-27-50(60(7,8)9)68-57(81)67-48(56(80)85-64(19,20)21)28-31-53(77)82-61(10,11)12/h47-48,50H,22-46,65H2,1-21H3,(H,66,75)(H2,67,68,81)/t47-,48-,50-/m0/s1. The number of nitrogens with one attached hydrogen (secondary N) is 3. The quantitative estimate of drug-likeness (QED) is 0.0336. The van der Waals surface area contributed by atoms with Crippen molar-refractivity contribution in [2.24, 2.45) is 22.0 Å². The summed E-state index contributed by atoms with van der Waals surface area (Å²) in [7, 11) is 0. The number of amides is 4. The van der Waals surface area contributed by atoms with Gasteiger partial charge in [0.15, 0.2) is 5.78 Å². The van der Waals surface area contributed by atoms with Gasteiger partial charge in [0.05, 0.1) is 19.1 Å². The van der Waals surface area contributed by atoms with Crippen molar-refractivity contribution in [1.29, 1.82) is 0 Å². The van der Waals surface area contributed by atoms with Crippen LogP contribution in [0, 0.1) is 16.2 Å². The largest absolute Gasteiger partial charge is 0.460 e. The van der Waals surface area contributed by atoms with E-state index < -0.39 is 75.8 Å². The summed E-state index contributed by atoms with van der Waals surface area (Å²) in [5.41, 5.74) is 2.51. The van der Waals surface area contributed by atoms with Crippen molar-refractivity contribution < 1.29 is 57.3 Å². The SMILES string of the molecule is CC(C)(C)CN1CCN(CC(=O)N[C@@H](CCCCN)C(=O)CCC(=O)N(CCCC[C@H](NC(=O)N[C@@H](CCC(=O)OC(C)(C)C)C(=O)OC(C)(C)C)C(C)(C)C)CC(=O)OC(C)(C)C)CCN(CC(=O)OC(C)(C)C)CCN(CC(C)(C)C)CC1. The Bertz CT molecular complexity index is 2090. The zero-order chi connectivity index (χ0) is 65.4. The number of nitrogens with two attached hydrogens (primary N) is 1. The number of Topliss-reactive ketones (excluding diaryl/α,β-unsaturated/α-hetero) is 1. The van der Waals surface area contributed by atoms with Crippen LogP contribution in [0.3, 0.4) is 0 Å². The highest BCUT2D eigenvalue weighted by Crippen LogP contribution is 2.25. The second-order valence-electron chi connectivity index (χ2n) is 30.8. The van der Waals surface area contributed by atoms with E-state index in [2.05, 4.69) is 77.1 Å². The molecule has 1 rings (SSSR count). The van der Waals surface area contributed by atoms with Gasteiger partial charge < -0.3 is 55.3 Å². The molecule has 1 saturated heterocycles. The van der Waals surface area contributed by atoms with E-state index in [0.717, 1.165) is 32.7 Å². The molecule has 0 spiro atoms. The van der Waals surface area contributed by atoms with Gasteiger partial charge in [0.1, 0.15) is 35.0 Å². The minimum absolute atomic E-state index is 0.0156. The number of esters is 4. The van der Waals surface area contributed by atoms with Gasteiger partial charge in [-0.1, -0.05) is 62.3 Å². The van der Waals surface area contributed by atoms with E-state index in [1.165, 1.54) is 4.90 Å². The molecule has 494 valence electrons. The molecule has 3 atom stereocenters. The molecular weight excluding hydrogens is 1090 g/mol. The van der Waals surface area contributed by atoms with Gasteiger partial charge in [0.2, 0.25) is 11.8 Å². The molecule has 0 bridgehead atoms. The van der Waals surface area contributed by atoms with Crippen LogP contribution in [0.4, 0.5) is 4.79 Å². The lowest BCUT2D eigenvalue weighted by atomic mass is 9.83. The van der Waals surface area contributed by atoms with Crippen molar-refractivity contribution >= 4 is 47.5 Å². The Morgan fingerprint density at radius 1 is 0.459 bits per heavy atom. The summed E-state index contributed by atoms with van der Waals surface area (Å²) in [5.74, 6) is -3.16. The van der Waals surface area contributed by atoms with E-state index >= 15 is 0 Å². The maximum absolute atomic E-state index is 14.2. The normalized spacial score (nSPS) is 16.6. The number of carbonyl (C=O) groups excluding carboxylic acids is 8. The number of nitrogens with zero attached hydrogens (tertiary/aromatic N) is 5. The van der Waals surface area contributed by atoms with Gasteiger partial charge in [0, 0.05) is 97.3 Å². The van der Waals surface area contributed by atoms with Crippen LogP contribution in [0.2, 0.25) is 0 Å². The summed E-state index contributed by atoms with van der Waals surface area (Å²) in [5, 5.41) is 8.77. The first kappa shape index (κ1) is 78.6. The van der Waals surface area contributed by atoms with E-state index in [1.54, 1.807) is 62.3 Å². The van der Waals surface area contributed by atoms with Crippen LogP contribution >= 0.6 is 0 Å². The van der Waals surface area contributed by atoms with E-state index in [1.807, 2.05) is 41.5 Å². The minimum atomic E-state index is -1.13. The minimum Gasteiger partial charge on any atom is -0.460 e. The van der Waals surface area contributed by atoms with E-state index in [0.29, 0.717) is 77.8 Å². The highest BCUT2D eigenvalue weighted by Gasteiger charge is 2.33. The van der Waals surface area contributed by atoms with Crippen LogP contribution < -0.4 is 21.7 Å². The number of unbranched alkanes of at least 4 members (excludes halogenated alkanes) is 2. The molecule has 0 unspecified atom stereocenters. The third kappa shape index (κ3) is 39.9. The number of hydrogen-bond donors (Lipinski definition) is 4. The first-order valence-electron chi connectivity index (χ1n) is 31.4. The fraction of sp³-hybridized carbons (Fsp3) is 0.875. The first-order chi connectivity index (χ1) is 38.7. The average Bonchev–Trinajstić information content (AvgIpc) is 3.52. The van der Waals surface area contributed by atoms with Gasteiger partial charge in [0.25, 0.3) is 0 Å². The molecule has 1 heterocycles. The maximum atomic E-state index is 14.2. The predicted molar refractivity (Wildman–Crippen MR) is 335 cm³/mol. The molecule has 21 nitrogen and oxygen atoms in total. The smallest absolute Gasteiger partial charge is 0.329 e. The second-order valence-corrected chi connectivity index (χ2v) is 30.8. The molecule has 0 aromatic rings. The van der Waals surface area contributed by atoms with Crippen LogP contribution in [0.1, 0.15) is 210 Å². The number of hydrogen-bond acceptors (Lipinski definition) is 17. The maximum Gasteiger partial charge on any atom is 0.329 e. The fourth-order valence-corrected chi connectivity index (χ4v) is 9.75. The first-order valence-corrected chi connectivity index (χ1v) is 31.4. The Morgan fingerprint density at radius 2 is 0.906 bits per heavy atom. The Labute approximate surface area is 513 Å². The van der Waals surface area contributed by atoms with E-state index in [-0.39, 0.29) is 80.4 Å². The molecule has 0 aromatic carbocycles. The van der Waals surface area contributed by atoms with Crippen molar-refractivity contribution in [1.82, 2.24) is 40.4 Å². The van der Waals surface area contributed by atoms with Crippen molar-refractivity contribution in [3.8, 4) is 0 Å². The zero-order valence-electron chi connectivity index (χ0n) is 57.1. The van der Waals surface area contributed by atoms with Crippen molar-refractivity contribution in [3.05, 3.63) is 0 Å². The van der Waals surface area contributed by atoms with Crippen molar-refractivity contribution in [2.45, 2.75) is 250 Å². The molecule has 0 radical (unpaired) electrons. The summed E-state index contributed by atoms with van der Waals surface area (Å²) < 4.78 is 22.4. The molecule has 1 fully saturated rings. The zero-order valence-corrected chi connectivity index (χ0v) is 57.1. The molecule has 0 saturated carbocycles. The van der Waals surface area contributed by atoms with Gasteiger partial charge in [-0.15, -0.1) is 0 Å². The molecule has 5 N–H and O–H groups in total. The third-order valence-electron chi connectivity index (χ3n) is 13.4. The monoisotopic (exact) mass is 1210 g/mol. The van der Waals surface area contributed by atoms with Gasteiger partial charge in [-0.3, -0.25) is 38.6 Å². The number of urea groups is 1. The Balaban J connectivity index is 3.35. The van der Waals surface area contributed by atoms with Crippen molar-refractivity contribution in [3.63, 3.8) is 0 Å². The molecule has 4 amide bonds. The highest BCUT2D eigenvalue weighted by atomic mass is 16.6. The van der Waals surface area contributed by atoms with Crippen LogP contribution in [-0.2, 0) is 52.5 Å². The average molecular weight is 1210 g/mol. The Hall–Kier alpha value is -4.44. The number of ether oxygens (including phenoxy) is 4. The van der Waals surface area contributed by atoms with E-state index in [4.69, 9.17) is 24.7 Å². The summed E-state index contributed by atoms with van der Waals surface area (Å²) in [6, 6.07) is -3.04. The van der Waals surface area contributed by atoms with Gasteiger partial charge in [-0.05, 0) is 151 Å². The van der Waals surface area contributed by atoms with Crippen LogP contribution in [0.25, 0.3) is 0 Å². The van der Waals surface area contributed by atoms with Gasteiger partial charge >= 0.3 is 29.9 Å². The lowest BCUT2D eigenvalue weighted by Gasteiger charge is -2.37. The molecule has 0 aliphatic carbocycles. The van der Waals surface area contributed by atoms with Crippen LogP contribution in [0.15, 0.2) is 0 Å². The fourth-order valence-electron chi connectivity index (χ4n) is 9.75. The summed E-state index contributed by atoms with van der Waals surface area (Å²) >= 11 is 0. The summed E-state index contributed by atoms with van der Waals surface area (Å²) in [6.45, 7) is 48.0. The Kier molecular flexibility index (Phi) is 32.8. The third-order valence-corrected chi connectivity index (χ3v) is 13.4. The highest BCUT2D eigenvalue weighted by molar-refractivity contribution is 5.92. The van der Waals surface area contributed by atoms with Crippen molar-refractivity contribution in [2.75, 3.05) is 98.2 Å². The Morgan fingerprint density at radius 3 is 1.36 bits per heavy atom. The van der Waals surface area contributed by atoms with Crippen LogP contribution in [-0.4, -0.2) is 211 Å². The predicted octanol–water partition coefficient (Wildman–Crippen LogP) is 7.49. The number of carbonyl (C=O) groups is 8. The summed E-state index contributed by atoms with van der Waals surface area (Å²) in [6.07, 6.45) is 2.42. The van der Waals surface area contributed by atoms with Gasteiger partial charge in [-0.2, -0.15) is 0 Å². The topological polar surface area (TPSA) is 252 Å². The molecular formula is C64H121N9O12. The lowest BCUT2D eigenvalue weighted by Crippen LogP contribution is -2.53. The summed E-state index contributed by atoms with van der Waals surface area (Å²) in [4.78, 5) is 119. The van der Waals surface area contributed by atoms with E-state index in [9.17, 15) is 38.4 Å².